The minimum Gasteiger partial charge on any atom is -0.494 e. The molecule has 0 spiro atoms. The molecular formula is C37H33NO11. The van der Waals surface area contributed by atoms with Crippen molar-refractivity contribution in [3.8, 4) is 17.6 Å². The number of ether oxygens (including phenoxy) is 7. The largest absolute Gasteiger partial charge is 0.494 e. The maximum absolute atomic E-state index is 12.9. The molecule has 49 heavy (non-hydrogen) atoms. The zero-order valence-corrected chi connectivity index (χ0v) is 26.4. The first-order chi connectivity index (χ1) is 23.8. The molecule has 0 aliphatic carbocycles. The van der Waals surface area contributed by atoms with Gasteiger partial charge in [0.25, 0.3) is 0 Å². The number of rotatable bonds is 14. The van der Waals surface area contributed by atoms with E-state index in [9.17, 15) is 24.4 Å². The Morgan fingerprint density at radius 3 is 2.00 bits per heavy atom. The molecule has 12 nitrogen and oxygen atoms in total. The van der Waals surface area contributed by atoms with Gasteiger partial charge in [-0.3, -0.25) is 0 Å². The summed E-state index contributed by atoms with van der Waals surface area (Å²) in [5.74, 6) is -1.69. The van der Waals surface area contributed by atoms with E-state index in [-0.39, 0.29) is 36.7 Å². The van der Waals surface area contributed by atoms with Crippen molar-refractivity contribution in [1.29, 1.82) is 5.26 Å². The van der Waals surface area contributed by atoms with Crippen LogP contribution in [0.15, 0.2) is 97.1 Å². The summed E-state index contributed by atoms with van der Waals surface area (Å²) in [5.41, 5.74) is 1.04. The van der Waals surface area contributed by atoms with Crippen LogP contribution in [0, 0.1) is 11.3 Å². The monoisotopic (exact) mass is 667 g/mol. The Morgan fingerprint density at radius 2 is 1.37 bits per heavy atom. The van der Waals surface area contributed by atoms with Gasteiger partial charge < -0.3 is 33.2 Å². The van der Waals surface area contributed by atoms with E-state index in [0.29, 0.717) is 36.3 Å². The predicted molar refractivity (Wildman–Crippen MR) is 172 cm³/mol. The highest BCUT2D eigenvalue weighted by Crippen LogP contribution is 2.32. The van der Waals surface area contributed by atoms with E-state index >= 15 is 0 Å². The molecule has 2 aliphatic heterocycles. The van der Waals surface area contributed by atoms with E-state index in [2.05, 4.69) is 6.58 Å². The molecule has 0 N–H and O–H groups in total. The smallest absolute Gasteiger partial charge is 0.349 e. The first-order valence-electron chi connectivity index (χ1n) is 15.5. The molecule has 0 bridgehead atoms. The van der Waals surface area contributed by atoms with Crippen molar-refractivity contribution in [2.24, 2.45) is 0 Å². The molecule has 5 rings (SSSR count). The number of hydrogen-bond acceptors (Lipinski definition) is 12. The van der Waals surface area contributed by atoms with Crippen LogP contribution in [0.1, 0.15) is 39.1 Å². The molecule has 12 heteroatoms. The highest BCUT2D eigenvalue weighted by molar-refractivity contribution is 5.98. The Hall–Kier alpha value is -5.77. The number of hydrogen-bond donors (Lipinski definition) is 0. The lowest BCUT2D eigenvalue weighted by atomic mass is 10.1. The van der Waals surface area contributed by atoms with Gasteiger partial charge in [0.05, 0.1) is 37.6 Å². The molecule has 2 aliphatic rings. The zero-order chi connectivity index (χ0) is 34.6. The highest BCUT2D eigenvalue weighted by atomic mass is 16.7. The molecule has 0 aromatic heterocycles. The van der Waals surface area contributed by atoms with Gasteiger partial charge in [-0.2, -0.15) is 5.26 Å². The molecule has 0 amide bonds. The summed E-state index contributed by atoms with van der Waals surface area (Å²) in [6, 6.07) is 23.1. The van der Waals surface area contributed by atoms with Crippen LogP contribution in [-0.2, 0) is 33.3 Å². The molecule has 0 radical (unpaired) electrons. The maximum atomic E-state index is 12.9. The van der Waals surface area contributed by atoms with Crippen molar-refractivity contribution in [3.63, 3.8) is 0 Å². The summed E-state index contributed by atoms with van der Waals surface area (Å²) in [7, 11) is 0. The van der Waals surface area contributed by atoms with Crippen LogP contribution in [0.5, 0.6) is 11.5 Å². The van der Waals surface area contributed by atoms with Crippen LogP contribution in [0.4, 0.5) is 0 Å². The van der Waals surface area contributed by atoms with Gasteiger partial charge in [-0.1, -0.05) is 36.9 Å². The van der Waals surface area contributed by atoms with Gasteiger partial charge >= 0.3 is 23.9 Å². The number of unbranched alkanes of at least 4 members (excludes halogenated alkanes) is 1. The lowest BCUT2D eigenvalue weighted by Crippen LogP contribution is -2.36. The van der Waals surface area contributed by atoms with Gasteiger partial charge in [0.15, 0.2) is 12.2 Å². The van der Waals surface area contributed by atoms with Crippen LogP contribution in [0.3, 0.4) is 0 Å². The third kappa shape index (κ3) is 9.41. The summed E-state index contributed by atoms with van der Waals surface area (Å²) < 4.78 is 38.7. The van der Waals surface area contributed by atoms with Crippen LogP contribution < -0.4 is 9.47 Å². The van der Waals surface area contributed by atoms with Crippen LogP contribution in [-0.4, -0.2) is 74.7 Å². The van der Waals surface area contributed by atoms with Crippen molar-refractivity contribution in [3.05, 3.63) is 114 Å². The van der Waals surface area contributed by atoms with E-state index in [0.717, 1.165) is 6.08 Å². The molecule has 4 atom stereocenters. The normalized spacial score (nSPS) is 19.5. The summed E-state index contributed by atoms with van der Waals surface area (Å²) in [6.45, 7) is 4.09. The minimum absolute atomic E-state index is 0.0194. The van der Waals surface area contributed by atoms with Crippen molar-refractivity contribution in [2.75, 3.05) is 26.4 Å². The fraction of sp³-hybridized carbons (Fsp3) is 0.270. The molecule has 3 aromatic carbocycles. The molecule has 2 fully saturated rings. The van der Waals surface area contributed by atoms with Crippen LogP contribution in [0.25, 0.3) is 6.08 Å². The topological polar surface area (TPSA) is 157 Å². The van der Waals surface area contributed by atoms with Gasteiger partial charge in [-0.25, -0.2) is 19.2 Å². The van der Waals surface area contributed by atoms with E-state index in [1.807, 2.05) is 12.1 Å². The van der Waals surface area contributed by atoms with Gasteiger partial charge in [0.2, 0.25) is 0 Å². The van der Waals surface area contributed by atoms with Crippen molar-refractivity contribution in [2.45, 2.75) is 37.3 Å². The zero-order valence-electron chi connectivity index (χ0n) is 26.4. The Balaban J connectivity index is 1.06. The fourth-order valence-electron chi connectivity index (χ4n) is 5.03. The summed E-state index contributed by atoms with van der Waals surface area (Å²) in [6.07, 6.45) is 1.03. The standard InChI is InChI=1S/C37H33NO11/c1-2-32(39)44-19-7-6-18-43-28-14-10-25(11-15-28)35(40)47-29-16-12-26(13-17-29)36(41)48-30-22-45-34-31(23-46-33(30)34)49-37(42)27(21-38)20-24-8-4-3-5-9-24/h2-5,8-17,20,30-31,33-34H,1,6-7,18-19,22-23H2/b27-20+/t30-,31+,33+,34+/m0/s1. The number of benzene rings is 3. The van der Waals surface area contributed by atoms with Gasteiger partial charge in [0.1, 0.15) is 35.3 Å². The Kier molecular flexibility index (Phi) is 11.9. The Morgan fingerprint density at radius 1 is 0.776 bits per heavy atom. The Labute approximate surface area is 282 Å². The third-order valence-corrected chi connectivity index (χ3v) is 7.54. The molecule has 0 unspecified atom stereocenters. The fourth-order valence-corrected chi connectivity index (χ4v) is 5.03. The van der Waals surface area contributed by atoms with Crippen molar-refractivity contribution in [1.82, 2.24) is 0 Å². The van der Waals surface area contributed by atoms with E-state index in [1.165, 1.54) is 30.3 Å². The molecular weight excluding hydrogens is 634 g/mol. The SMILES string of the molecule is C=CC(=O)OCCCCOc1ccc(C(=O)Oc2ccc(C(=O)O[C@H]3CO[C@H]4[C@@H]3OC[C@H]4OC(=O)/C(C#N)=C/c3ccccc3)cc2)cc1. The van der Waals surface area contributed by atoms with E-state index in [4.69, 9.17) is 33.2 Å². The Bertz CT molecular complexity index is 1710. The molecule has 0 saturated carbocycles. The highest BCUT2D eigenvalue weighted by Gasteiger charge is 2.51. The van der Waals surface area contributed by atoms with Crippen LogP contribution >= 0.6 is 0 Å². The van der Waals surface area contributed by atoms with Gasteiger partial charge in [-0.15, -0.1) is 0 Å². The average molecular weight is 668 g/mol. The van der Waals surface area contributed by atoms with Gasteiger partial charge in [0, 0.05) is 6.08 Å². The molecule has 252 valence electrons. The summed E-state index contributed by atoms with van der Waals surface area (Å²) in [4.78, 5) is 49.2. The number of nitrogens with zero attached hydrogens (tertiary/aromatic N) is 1. The second-order valence-electron chi connectivity index (χ2n) is 10.9. The summed E-state index contributed by atoms with van der Waals surface area (Å²) >= 11 is 0. The molecule has 3 aromatic rings. The molecule has 2 heterocycles. The minimum atomic E-state index is -0.801. The van der Waals surface area contributed by atoms with Crippen molar-refractivity contribution >= 4 is 30.0 Å². The maximum Gasteiger partial charge on any atom is 0.349 e. The van der Waals surface area contributed by atoms with Crippen LogP contribution in [0.2, 0.25) is 0 Å². The quantitative estimate of drug-likeness (QED) is 0.0587. The summed E-state index contributed by atoms with van der Waals surface area (Å²) in [5, 5.41) is 9.47. The number of esters is 4. The van der Waals surface area contributed by atoms with Crippen molar-refractivity contribution < 1.29 is 52.3 Å². The first-order valence-corrected chi connectivity index (χ1v) is 15.5. The van der Waals surface area contributed by atoms with E-state index < -0.39 is 48.3 Å². The van der Waals surface area contributed by atoms with E-state index in [1.54, 1.807) is 48.5 Å². The first kappa shape index (κ1) is 34.6. The molecule has 2 saturated heterocycles. The number of fused-ring (bicyclic) bond motifs is 1. The number of carbonyl (C=O) groups is 4. The average Bonchev–Trinajstić information content (AvgIpc) is 3.72. The second kappa shape index (κ2) is 16.9. The number of carbonyl (C=O) groups excluding carboxylic acids is 4. The predicted octanol–water partition coefficient (Wildman–Crippen LogP) is 4.64. The second-order valence-corrected chi connectivity index (χ2v) is 10.9. The lowest BCUT2D eigenvalue weighted by molar-refractivity contribution is -0.148. The third-order valence-electron chi connectivity index (χ3n) is 7.54. The lowest BCUT2D eigenvalue weighted by Gasteiger charge is -2.17. The van der Waals surface area contributed by atoms with Gasteiger partial charge in [-0.05, 0) is 73.0 Å². The number of nitriles is 1.